The first-order valence-corrected chi connectivity index (χ1v) is 7.15. The summed E-state index contributed by atoms with van der Waals surface area (Å²) in [7, 11) is 0. The molecule has 0 bridgehead atoms. The Balaban J connectivity index is 2.02. The number of nitrogens with two attached hydrogens (primary N) is 1. The number of hydrogen-bond acceptors (Lipinski definition) is 4. The molecule has 0 heterocycles. The van der Waals surface area contributed by atoms with Gasteiger partial charge in [-0.1, -0.05) is 18.2 Å². The number of para-hydroxylation sites is 2. The fourth-order valence-electron chi connectivity index (χ4n) is 1.93. The van der Waals surface area contributed by atoms with E-state index < -0.39 is 6.10 Å². The van der Waals surface area contributed by atoms with Gasteiger partial charge in [-0.05, 0) is 44.2 Å². The molecule has 0 aliphatic heterocycles. The Morgan fingerprint density at radius 3 is 2.59 bits per heavy atom. The van der Waals surface area contributed by atoms with Crippen LogP contribution in [0, 0.1) is 0 Å². The fourth-order valence-corrected chi connectivity index (χ4v) is 1.93. The van der Waals surface area contributed by atoms with Crippen LogP contribution in [0.15, 0.2) is 48.5 Å². The molecule has 0 aromatic heterocycles. The molecule has 0 fully saturated rings. The van der Waals surface area contributed by atoms with Gasteiger partial charge in [0.2, 0.25) is 0 Å². The minimum Gasteiger partial charge on any atom is -0.490 e. The molecule has 5 heteroatoms. The molecule has 1 amide bonds. The number of ether oxygens (including phenoxy) is 2. The van der Waals surface area contributed by atoms with Crippen LogP contribution < -0.4 is 20.5 Å². The maximum Gasteiger partial charge on any atom is 0.265 e. The van der Waals surface area contributed by atoms with E-state index >= 15 is 0 Å². The molecule has 2 rings (SSSR count). The van der Waals surface area contributed by atoms with E-state index in [2.05, 4.69) is 5.32 Å². The number of carbonyl (C=O) groups is 1. The zero-order chi connectivity index (χ0) is 15.9. The molecule has 1 unspecified atom stereocenters. The van der Waals surface area contributed by atoms with Crippen molar-refractivity contribution >= 4 is 17.3 Å². The van der Waals surface area contributed by atoms with Gasteiger partial charge in [-0.15, -0.1) is 0 Å². The van der Waals surface area contributed by atoms with Gasteiger partial charge < -0.3 is 20.5 Å². The zero-order valence-corrected chi connectivity index (χ0v) is 12.7. The molecule has 2 aromatic carbocycles. The first-order chi connectivity index (χ1) is 10.6. The van der Waals surface area contributed by atoms with E-state index in [1.807, 2.05) is 19.1 Å². The molecular formula is C17H20N2O3. The quantitative estimate of drug-likeness (QED) is 0.804. The molecule has 0 radical (unpaired) electrons. The lowest BCUT2D eigenvalue weighted by Gasteiger charge is -2.17. The van der Waals surface area contributed by atoms with Crippen LogP contribution in [0.1, 0.15) is 13.8 Å². The van der Waals surface area contributed by atoms with Crippen LogP contribution in [0.4, 0.5) is 11.4 Å². The zero-order valence-electron chi connectivity index (χ0n) is 12.7. The lowest BCUT2D eigenvalue weighted by atomic mass is 10.2. The van der Waals surface area contributed by atoms with Crippen molar-refractivity contribution in [2.45, 2.75) is 20.0 Å². The second-order valence-corrected chi connectivity index (χ2v) is 4.75. The minimum absolute atomic E-state index is 0.253. The van der Waals surface area contributed by atoms with Gasteiger partial charge in [0.1, 0.15) is 0 Å². The van der Waals surface area contributed by atoms with Gasteiger partial charge >= 0.3 is 0 Å². The number of nitrogens with one attached hydrogen (secondary N) is 1. The number of amides is 1. The van der Waals surface area contributed by atoms with E-state index in [4.69, 9.17) is 15.2 Å². The second kappa shape index (κ2) is 7.36. The molecule has 0 spiro atoms. The number of benzene rings is 2. The first-order valence-electron chi connectivity index (χ1n) is 7.15. The highest BCUT2D eigenvalue weighted by Gasteiger charge is 2.17. The molecular weight excluding hydrogens is 280 g/mol. The summed E-state index contributed by atoms with van der Waals surface area (Å²) in [6.07, 6.45) is -0.664. The van der Waals surface area contributed by atoms with E-state index in [9.17, 15) is 4.79 Å². The lowest BCUT2D eigenvalue weighted by molar-refractivity contribution is -0.122. The standard InChI is InChI=1S/C17H20N2O3/c1-3-21-15-9-4-5-10-16(15)22-12(2)17(20)19-14-8-6-7-13(18)11-14/h4-12H,3,18H2,1-2H3,(H,19,20). The molecule has 3 N–H and O–H groups in total. The highest BCUT2D eigenvalue weighted by molar-refractivity contribution is 5.94. The van der Waals surface area contributed by atoms with Crippen molar-refractivity contribution in [3.8, 4) is 11.5 Å². The Kier molecular flexibility index (Phi) is 5.25. The monoisotopic (exact) mass is 300 g/mol. The summed E-state index contributed by atoms with van der Waals surface area (Å²) in [5.41, 5.74) is 6.92. The Bertz CT molecular complexity index is 643. The van der Waals surface area contributed by atoms with Crippen molar-refractivity contribution in [2.24, 2.45) is 0 Å². The number of nitrogen functional groups attached to an aromatic ring is 1. The molecule has 0 saturated carbocycles. The SMILES string of the molecule is CCOc1ccccc1OC(C)C(=O)Nc1cccc(N)c1. The Labute approximate surface area is 130 Å². The third-order valence-corrected chi connectivity index (χ3v) is 2.98. The molecule has 22 heavy (non-hydrogen) atoms. The van der Waals surface area contributed by atoms with E-state index in [-0.39, 0.29) is 5.91 Å². The number of anilines is 2. The van der Waals surface area contributed by atoms with Crippen molar-refractivity contribution in [1.82, 2.24) is 0 Å². The van der Waals surface area contributed by atoms with Crippen LogP contribution in [0.5, 0.6) is 11.5 Å². The van der Waals surface area contributed by atoms with Gasteiger partial charge in [0.25, 0.3) is 5.91 Å². The van der Waals surface area contributed by atoms with E-state index in [0.29, 0.717) is 29.5 Å². The maximum absolute atomic E-state index is 12.2. The molecule has 0 saturated heterocycles. The van der Waals surface area contributed by atoms with Crippen LogP contribution in [-0.2, 0) is 4.79 Å². The molecule has 116 valence electrons. The average Bonchev–Trinajstić information content (AvgIpc) is 2.49. The average molecular weight is 300 g/mol. The molecule has 1 atom stereocenters. The normalized spacial score (nSPS) is 11.5. The molecule has 0 aliphatic carbocycles. The van der Waals surface area contributed by atoms with Crippen molar-refractivity contribution in [2.75, 3.05) is 17.7 Å². The van der Waals surface area contributed by atoms with Gasteiger partial charge in [0, 0.05) is 11.4 Å². The fraction of sp³-hybridized carbons (Fsp3) is 0.235. The van der Waals surface area contributed by atoms with Gasteiger partial charge in [-0.3, -0.25) is 4.79 Å². The Morgan fingerprint density at radius 1 is 1.18 bits per heavy atom. The van der Waals surface area contributed by atoms with Crippen LogP contribution in [-0.4, -0.2) is 18.6 Å². The van der Waals surface area contributed by atoms with Crippen LogP contribution in [0.3, 0.4) is 0 Å². The van der Waals surface area contributed by atoms with Crippen LogP contribution >= 0.6 is 0 Å². The smallest absolute Gasteiger partial charge is 0.265 e. The summed E-state index contributed by atoms with van der Waals surface area (Å²) < 4.78 is 11.2. The molecule has 5 nitrogen and oxygen atoms in total. The lowest BCUT2D eigenvalue weighted by Crippen LogP contribution is -2.30. The molecule has 0 aliphatic rings. The summed E-state index contributed by atoms with van der Waals surface area (Å²) in [6.45, 7) is 4.11. The summed E-state index contributed by atoms with van der Waals surface area (Å²) in [5.74, 6) is 0.907. The van der Waals surface area contributed by atoms with Gasteiger partial charge in [-0.25, -0.2) is 0 Å². The van der Waals surface area contributed by atoms with Crippen molar-refractivity contribution < 1.29 is 14.3 Å². The third-order valence-electron chi connectivity index (χ3n) is 2.98. The maximum atomic E-state index is 12.2. The van der Waals surface area contributed by atoms with E-state index in [1.54, 1.807) is 43.3 Å². The number of rotatable bonds is 6. The van der Waals surface area contributed by atoms with Crippen molar-refractivity contribution in [1.29, 1.82) is 0 Å². The van der Waals surface area contributed by atoms with Gasteiger partial charge in [0.05, 0.1) is 6.61 Å². The predicted octanol–water partition coefficient (Wildman–Crippen LogP) is 3.07. The second-order valence-electron chi connectivity index (χ2n) is 4.75. The first kappa shape index (κ1) is 15.7. The molecule has 2 aromatic rings. The largest absolute Gasteiger partial charge is 0.490 e. The van der Waals surface area contributed by atoms with Gasteiger partial charge in [0.15, 0.2) is 17.6 Å². The predicted molar refractivity (Wildman–Crippen MR) is 87.2 cm³/mol. The number of hydrogen-bond donors (Lipinski definition) is 2. The summed E-state index contributed by atoms with van der Waals surface area (Å²) in [6, 6.07) is 14.3. The summed E-state index contributed by atoms with van der Waals surface area (Å²) in [5, 5.41) is 2.77. The highest BCUT2D eigenvalue weighted by atomic mass is 16.5. The Hall–Kier alpha value is -2.69. The topological polar surface area (TPSA) is 73.6 Å². The van der Waals surface area contributed by atoms with Crippen molar-refractivity contribution in [3.05, 3.63) is 48.5 Å². The number of carbonyl (C=O) groups excluding carboxylic acids is 1. The summed E-state index contributed by atoms with van der Waals surface area (Å²) in [4.78, 5) is 12.2. The third kappa shape index (κ3) is 4.15. The highest BCUT2D eigenvalue weighted by Crippen LogP contribution is 2.27. The van der Waals surface area contributed by atoms with E-state index in [0.717, 1.165) is 0 Å². The van der Waals surface area contributed by atoms with Gasteiger partial charge in [-0.2, -0.15) is 0 Å². The minimum atomic E-state index is -0.664. The van der Waals surface area contributed by atoms with E-state index in [1.165, 1.54) is 0 Å². The van der Waals surface area contributed by atoms with Crippen LogP contribution in [0.25, 0.3) is 0 Å². The van der Waals surface area contributed by atoms with Crippen LogP contribution in [0.2, 0.25) is 0 Å². The van der Waals surface area contributed by atoms with Crippen molar-refractivity contribution in [3.63, 3.8) is 0 Å². The summed E-state index contributed by atoms with van der Waals surface area (Å²) >= 11 is 0. The Morgan fingerprint density at radius 2 is 1.91 bits per heavy atom.